The monoisotopic (exact) mass is 393 g/mol. The highest BCUT2D eigenvalue weighted by Crippen LogP contribution is 2.26. The molecule has 0 aromatic heterocycles. The predicted molar refractivity (Wildman–Crippen MR) is 104 cm³/mol. The van der Waals surface area contributed by atoms with Crippen LogP contribution < -0.4 is 20.1 Å². The molecule has 28 heavy (non-hydrogen) atoms. The van der Waals surface area contributed by atoms with E-state index in [1.807, 2.05) is 31.2 Å². The van der Waals surface area contributed by atoms with Crippen LogP contribution in [0.5, 0.6) is 11.5 Å². The van der Waals surface area contributed by atoms with E-state index in [1.165, 1.54) is 13.2 Å². The van der Waals surface area contributed by atoms with Crippen LogP contribution in [0.1, 0.15) is 23.6 Å². The Kier molecular flexibility index (Phi) is 8.48. The van der Waals surface area contributed by atoms with Crippen molar-refractivity contribution in [2.24, 2.45) is 4.99 Å². The van der Waals surface area contributed by atoms with Crippen LogP contribution in [0, 0.1) is 0 Å². The van der Waals surface area contributed by atoms with Gasteiger partial charge < -0.3 is 25.2 Å². The van der Waals surface area contributed by atoms with Crippen molar-refractivity contribution in [2.75, 3.05) is 13.7 Å². The van der Waals surface area contributed by atoms with Gasteiger partial charge in [-0.1, -0.05) is 24.3 Å². The Morgan fingerprint density at radius 2 is 1.86 bits per heavy atom. The summed E-state index contributed by atoms with van der Waals surface area (Å²) in [5.41, 5.74) is 2.25. The Morgan fingerprint density at radius 1 is 1.11 bits per heavy atom. The van der Waals surface area contributed by atoms with E-state index >= 15 is 0 Å². The number of nitrogens with zero attached hydrogens (tertiary/aromatic N) is 1. The standard InChI is InChI=1S/C20H25F2N3O3/c1-3-23-20(24-11-14-6-4-5-7-15(14)13-26)25-12-16-10-17(27-2)8-9-18(16)28-19(21)22/h4-10,19,26H,3,11-13H2,1-2H3,(H2,23,24,25). The zero-order valence-corrected chi connectivity index (χ0v) is 15.9. The van der Waals surface area contributed by atoms with Crippen LogP contribution in [0.2, 0.25) is 0 Å². The Bertz CT molecular complexity index is 785. The summed E-state index contributed by atoms with van der Waals surface area (Å²) in [6, 6.07) is 12.1. The number of nitrogens with one attached hydrogen (secondary N) is 2. The summed E-state index contributed by atoms with van der Waals surface area (Å²) in [5.74, 6) is 1.10. The third-order valence-electron chi connectivity index (χ3n) is 3.97. The van der Waals surface area contributed by atoms with Crippen LogP contribution in [0.15, 0.2) is 47.5 Å². The summed E-state index contributed by atoms with van der Waals surface area (Å²) in [6.07, 6.45) is 0. The van der Waals surface area contributed by atoms with Crippen molar-refractivity contribution >= 4 is 5.96 Å². The van der Waals surface area contributed by atoms with Gasteiger partial charge >= 0.3 is 6.61 Å². The normalized spacial score (nSPS) is 11.4. The molecule has 0 spiro atoms. The van der Waals surface area contributed by atoms with E-state index in [2.05, 4.69) is 20.4 Å². The Labute approximate surface area is 163 Å². The second-order valence-corrected chi connectivity index (χ2v) is 5.83. The molecular weight excluding hydrogens is 368 g/mol. The zero-order chi connectivity index (χ0) is 20.4. The van der Waals surface area contributed by atoms with Crippen LogP contribution in [-0.4, -0.2) is 31.3 Å². The first-order chi connectivity index (χ1) is 13.6. The lowest BCUT2D eigenvalue weighted by atomic mass is 10.1. The SMILES string of the molecule is CCNC(=NCc1cc(OC)ccc1OC(F)F)NCc1ccccc1CO. The average Bonchev–Trinajstić information content (AvgIpc) is 2.70. The summed E-state index contributed by atoms with van der Waals surface area (Å²) in [6.45, 7) is 0.167. The molecule has 0 aliphatic carbocycles. The lowest BCUT2D eigenvalue weighted by Crippen LogP contribution is -2.37. The van der Waals surface area contributed by atoms with Crippen molar-refractivity contribution < 1.29 is 23.4 Å². The van der Waals surface area contributed by atoms with Gasteiger partial charge in [-0.3, -0.25) is 0 Å². The number of aliphatic hydroxyl groups excluding tert-OH is 1. The molecule has 0 saturated heterocycles. The molecule has 0 fully saturated rings. The molecule has 6 nitrogen and oxygen atoms in total. The molecule has 0 unspecified atom stereocenters. The highest BCUT2D eigenvalue weighted by atomic mass is 19.3. The highest BCUT2D eigenvalue weighted by molar-refractivity contribution is 5.79. The lowest BCUT2D eigenvalue weighted by molar-refractivity contribution is -0.0504. The minimum Gasteiger partial charge on any atom is -0.497 e. The van der Waals surface area contributed by atoms with Crippen molar-refractivity contribution in [2.45, 2.75) is 33.2 Å². The quantitative estimate of drug-likeness (QED) is 0.451. The van der Waals surface area contributed by atoms with Crippen molar-refractivity contribution in [3.63, 3.8) is 0 Å². The van der Waals surface area contributed by atoms with Crippen LogP contribution in [0.4, 0.5) is 8.78 Å². The van der Waals surface area contributed by atoms with Gasteiger partial charge in [0.05, 0.1) is 20.3 Å². The largest absolute Gasteiger partial charge is 0.497 e. The molecule has 2 rings (SSSR count). The summed E-state index contributed by atoms with van der Waals surface area (Å²) < 4.78 is 35.0. The summed E-state index contributed by atoms with van der Waals surface area (Å²) in [5, 5.41) is 15.7. The minimum absolute atomic E-state index is 0.0519. The molecule has 0 radical (unpaired) electrons. The topological polar surface area (TPSA) is 75.1 Å². The first-order valence-corrected chi connectivity index (χ1v) is 8.88. The van der Waals surface area contributed by atoms with E-state index in [-0.39, 0.29) is 18.9 Å². The smallest absolute Gasteiger partial charge is 0.387 e. The van der Waals surface area contributed by atoms with Gasteiger partial charge in [0, 0.05) is 18.7 Å². The van der Waals surface area contributed by atoms with Crippen molar-refractivity contribution in [1.29, 1.82) is 0 Å². The molecule has 152 valence electrons. The maximum absolute atomic E-state index is 12.6. The average molecular weight is 393 g/mol. The number of ether oxygens (including phenoxy) is 2. The maximum Gasteiger partial charge on any atom is 0.387 e. The number of aliphatic hydroxyl groups is 1. The number of benzene rings is 2. The second kappa shape index (κ2) is 11.1. The molecule has 0 heterocycles. The third kappa shape index (κ3) is 6.38. The predicted octanol–water partition coefficient (Wildman–Crippen LogP) is 3.04. The molecule has 3 N–H and O–H groups in total. The molecule has 2 aromatic rings. The van der Waals surface area contributed by atoms with Crippen molar-refractivity contribution in [1.82, 2.24) is 10.6 Å². The van der Waals surface area contributed by atoms with Gasteiger partial charge in [-0.2, -0.15) is 8.78 Å². The summed E-state index contributed by atoms with van der Waals surface area (Å²) in [7, 11) is 1.50. The van der Waals surface area contributed by atoms with Gasteiger partial charge in [0.1, 0.15) is 11.5 Å². The molecule has 0 bridgehead atoms. The van der Waals surface area contributed by atoms with E-state index < -0.39 is 6.61 Å². The lowest BCUT2D eigenvalue weighted by Gasteiger charge is -2.14. The van der Waals surface area contributed by atoms with Gasteiger partial charge in [0.25, 0.3) is 0 Å². The van der Waals surface area contributed by atoms with Gasteiger partial charge in [-0.15, -0.1) is 0 Å². The van der Waals surface area contributed by atoms with Gasteiger partial charge in [-0.05, 0) is 36.2 Å². The fourth-order valence-corrected chi connectivity index (χ4v) is 2.59. The van der Waals surface area contributed by atoms with E-state index in [9.17, 15) is 13.9 Å². The Balaban J connectivity index is 2.15. The first kappa shape index (κ1) is 21.4. The molecule has 0 saturated carbocycles. The number of hydrogen-bond donors (Lipinski definition) is 3. The maximum atomic E-state index is 12.6. The van der Waals surface area contributed by atoms with Crippen molar-refractivity contribution in [3.05, 3.63) is 59.2 Å². The molecule has 2 aromatic carbocycles. The van der Waals surface area contributed by atoms with Crippen LogP contribution in [0.25, 0.3) is 0 Å². The minimum atomic E-state index is -2.92. The summed E-state index contributed by atoms with van der Waals surface area (Å²) in [4.78, 5) is 4.45. The summed E-state index contributed by atoms with van der Waals surface area (Å²) >= 11 is 0. The van der Waals surface area contributed by atoms with Gasteiger partial charge in [-0.25, -0.2) is 4.99 Å². The fraction of sp³-hybridized carbons (Fsp3) is 0.350. The number of alkyl halides is 2. The molecule has 0 amide bonds. The van der Waals surface area contributed by atoms with Crippen LogP contribution >= 0.6 is 0 Å². The second-order valence-electron chi connectivity index (χ2n) is 5.83. The van der Waals surface area contributed by atoms with E-state index in [0.29, 0.717) is 30.4 Å². The third-order valence-corrected chi connectivity index (χ3v) is 3.97. The molecule has 0 aliphatic rings. The molecular formula is C20H25F2N3O3. The Hall–Kier alpha value is -2.87. The van der Waals surface area contributed by atoms with E-state index in [1.54, 1.807) is 12.1 Å². The van der Waals surface area contributed by atoms with Crippen LogP contribution in [-0.2, 0) is 19.7 Å². The molecule has 0 aliphatic heterocycles. The van der Waals surface area contributed by atoms with E-state index in [4.69, 9.17) is 4.74 Å². The zero-order valence-electron chi connectivity index (χ0n) is 15.9. The van der Waals surface area contributed by atoms with E-state index in [0.717, 1.165) is 11.1 Å². The van der Waals surface area contributed by atoms with Crippen LogP contribution in [0.3, 0.4) is 0 Å². The van der Waals surface area contributed by atoms with Crippen molar-refractivity contribution in [3.8, 4) is 11.5 Å². The number of aliphatic imine (C=N–C) groups is 1. The number of methoxy groups -OCH3 is 1. The molecule has 0 atom stereocenters. The van der Waals surface area contributed by atoms with Gasteiger partial charge in [0.2, 0.25) is 0 Å². The first-order valence-electron chi connectivity index (χ1n) is 8.88. The van der Waals surface area contributed by atoms with Gasteiger partial charge in [0.15, 0.2) is 5.96 Å². The fourth-order valence-electron chi connectivity index (χ4n) is 2.59. The Morgan fingerprint density at radius 3 is 2.50 bits per heavy atom. The number of hydrogen-bond acceptors (Lipinski definition) is 4. The molecule has 8 heteroatoms. The number of guanidine groups is 1. The number of rotatable bonds is 9. The highest BCUT2D eigenvalue weighted by Gasteiger charge is 2.11. The number of halogens is 2.